The summed E-state index contributed by atoms with van der Waals surface area (Å²) >= 11 is 0. The van der Waals surface area contributed by atoms with Gasteiger partial charge in [0, 0.05) is 5.56 Å². The molecule has 0 fully saturated rings. The number of hydrogen-bond acceptors (Lipinski definition) is 5. The summed E-state index contributed by atoms with van der Waals surface area (Å²) < 4.78 is 59.3. The van der Waals surface area contributed by atoms with Crippen molar-refractivity contribution in [1.29, 1.82) is 0 Å². The van der Waals surface area contributed by atoms with E-state index in [0.29, 0.717) is 5.56 Å². The maximum Gasteiger partial charge on any atom is 0.307 e. The van der Waals surface area contributed by atoms with Gasteiger partial charge in [0.1, 0.15) is 11.6 Å². The van der Waals surface area contributed by atoms with E-state index in [1.54, 1.807) is 0 Å². The Morgan fingerprint density at radius 3 is 2.33 bits per heavy atom. The molecule has 3 rings (SSSR count). The Kier molecular flexibility index (Phi) is 7.39. The third kappa shape index (κ3) is 6.13. The molecule has 172 valence electrons. The smallest absolute Gasteiger partial charge is 0.307 e. The van der Waals surface area contributed by atoms with Crippen molar-refractivity contribution in [2.24, 2.45) is 0 Å². The lowest BCUT2D eigenvalue weighted by Crippen LogP contribution is -2.30. The molecule has 0 aliphatic heterocycles. The summed E-state index contributed by atoms with van der Waals surface area (Å²) in [4.78, 5) is 24.4. The standard InChI is InChI=1S/C23H20F2N2O5S/c1-32-22(28)14-21(15-9-11-17(24)12-10-15)26-23(29)16-5-4-6-18(13-16)33(30,31)27-20-8-3-2-7-19(20)25/h2-13,21,27H,14H2,1H3,(H,26,29). The SMILES string of the molecule is COC(=O)CC(NC(=O)c1cccc(S(=O)(=O)Nc2ccccc2F)c1)c1ccc(F)cc1. The van der Waals surface area contributed by atoms with E-state index in [1.165, 1.54) is 67.8 Å². The molecule has 1 amide bonds. The molecule has 2 N–H and O–H groups in total. The second-order valence-electron chi connectivity index (χ2n) is 6.97. The van der Waals surface area contributed by atoms with E-state index in [1.807, 2.05) is 0 Å². The number of sulfonamides is 1. The summed E-state index contributed by atoms with van der Waals surface area (Å²) in [5.41, 5.74) is 0.213. The summed E-state index contributed by atoms with van der Waals surface area (Å²) in [5, 5.41) is 2.63. The summed E-state index contributed by atoms with van der Waals surface area (Å²) in [6, 6.07) is 14.8. The highest BCUT2D eigenvalue weighted by molar-refractivity contribution is 7.92. The first-order chi connectivity index (χ1) is 15.7. The molecule has 0 bridgehead atoms. The molecule has 1 unspecified atom stereocenters. The van der Waals surface area contributed by atoms with E-state index in [2.05, 4.69) is 14.8 Å². The zero-order valence-electron chi connectivity index (χ0n) is 17.4. The van der Waals surface area contributed by atoms with Crippen molar-refractivity contribution >= 4 is 27.6 Å². The van der Waals surface area contributed by atoms with Crippen molar-refractivity contribution in [2.75, 3.05) is 11.8 Å². The van der Waals surface area contributed by atoms with Gasteiger partial charge >= 0.3 is 5.97 Å². The fourth-order valence-corrected chi connectivity index (χ4v) is 4.10. The summed E-state index contributed by atoms with van der Waals surface area (Å²) in [7, 11) is -2.99. The number of ether oxygens (including phenoxy) is 1. The number of nitrogens with one attached hydrogen (secondary N) is 2. The van der Waals surface area contributed by atoms with Crippen LogP contribution in [-0.4, -0.2) is 27.4 Å². The van der Waals surface area contributed by atoms with Gasteiger partial charge in [-0.05, 0) is 48.0 Å². The number of benzene rings is 3. The molecule has 0 saturated heterocycles. The number of para-hydroxylation sites is 1. The second-order valence-corrected chi connectivity index (χ2v) is 8.65. The van der Waals surface area contributed by atoms with Gasteiger partial charge in [-0.3, -0.25) is 14.3 Å². The first-order valence-corrected chi connectivity index (χ1v) is 11.2. The van der Waals surface area contributed by atoms with Crippen LogP contribution in [0.1, 0.15) is 28.4 Å². The van der Waals surface area contributed by atoms with E-state index in [-0.39, 0.29) is 22.6 Å². The Labute approximate surface area is 189 Å². The highest BCUT2D eigenvalue weighted by Crippen LogP contribution is 2.22. The Hall–Kier alpha value is -3.79. The van der Waals surface area contributed by atoms with Crippen molar-refractivity contribution in [1.82, 2.24) is 5.32 Å². The summed E-state index contributed by atoms with van der Waals surface area (Å²) in [6.07, 6.45) is -0.222. The largest absolute Gasteiger partial charge is 0.469 e. The van der Waals surface area contributed by atoms with E-state index in [9.17, 15) is 26.8 Å². The number of halogens is 2. The first-order valence-electron chi connectivity index (χ1n) is 9.70. The van der Waals surface area contributed by atoms with Gasteiger partial charge in [0.15, 0.2) is 0 Å². The molecule has 7 nitrogen and oxygen atoms in total. The second kappa shape index (κ2) is 10.2. The van der Waals surface area contributed by atoms with Crippen LogP contribution < -0.4 is 10.0 Å². The number of anilines is 1. The monoisotopic (exact) mass is 474 g/mol. The van der Waals surface area contributed by atoms with E-state index in [4.69, 9.17) is 0 Å². The lowest BCUT2D eigenvalue weighted by Gasteiger charge is -2.18. The number of hydrogen-bond donors (Lipinski definition) is 2. The lowest BCUT2D eigenvalue weighted by atomic mass is 10.0. The number of amides is 1. The van der Waals surface area contributed by atoms with Crippen LogP contribution in [0.5, 0.6) is 0 Å². The maximum absolute atomic E-state index is 13.9. The zero-order valence-corrected chi connectivity index (χ0v) is 18.2. The third-order valence-electron chi connectivity index (χ3n) is 4.70. The number of carbonyl (C=O) groups excluding carboxylic acids is 2. The summed E-state index contributed by atoms with van der Waals surface area (Å²) in [5.74, 6) is -2.51. The van der Waals surface area contributed by atoms with Gasteiger partial charge < -0.3 is 10.1 Å². The average Bonchev–Trinajstić information content (AvgIpc) is 2.80. The molecule has 1 atom stereocenters. The first kappa shape index (κ1) is 23.9. The van der Waals surface area contributed by atoms with Gasteiger partial charge in [-0.25, -0.2) is 17.2 Å². The molecule has 3 aromatic rings. The predicted molar refractivity (Wildman–Crippen MR) is 117 cm³/mol. The maximum atomic E-state index is 13.9. The van der Waals surface area contributed by atoms with Crippen molar-refractivity contribution in [3.05, 3.63) is 95.6 Å². The molecule has 0 aliphatic rings. The van der Waals surface area contributed by atoms with Crippen LogP contribution in [-0.2, 0) is 19.6 Å². The Morgan fingerprint density at radius 2 is 1.67 bits per heavy atom. The van der Waals surface area contributed by atoms with Crippen LogP contribution in [0.15, 0.2) is 77.7 Å². The molecule has 0 radical (unpaired) electrons. The van der Waals surface area contributed by atoms with Crippen molar-refractivity contribution in [2.45, 2.75) is 17.4 Å². The number of carbonyl (C=O) groups is 2. The number of rotatable bonds is 8. The molecule has 3 aromatic carbocycles. The van der Waals surface area contributed by atoms with Gasteiger partial charge in [0.2, 0.25) is 0 Å². The molecule has 0 saturated carbocycles. The number of esters is 1. The number of methoxy groups -OCH3 is 1. The molecule has 33 heavy (non-hydrogen) atoms. The highest BCUT2D eigenvalue weighted by atomic mass is 32.2. The van der Waals surface area contributed by atoms with Crippen molar-refractivity contribution in [3.8, 4) is 0 Å². The fraction of sp³-hybridized carbons (Fsp3) is 0.130. The van der Waals surface area contributed by atoms with Gasteiger partial charge in [-0.15, -0.1) is 0 Å². The van der Waals surface area contributed by atoms with Crippen LogP contribution in [0.2, 0.25) is 0 Å². The Morgan fingerprint density at radius 1 is 0.970 bits per heavy atom. The van der Waals surface area contributed by atoms with Crippen molar-refractivity contribution < 1.29 is 31.5 Å². The Balaban J connectivity index is 1.84. The predicted octanol–water partition coefficient (Wildman–Crippen LogP) is 3.80. The van der Waals surface area contributed by atoms with Gasteiger partial charge in [0.25, 0.3) is 15.9 Å². The Bertz CT molecular complexity index is 1260. The minimum atomic E-state index is -4.19. The van der Waals surface area contributed by atoms with Gasteiger partial charge in [-0.1, -0.05) is 30.3 Å². The zero-order chi connectivity index (χ0) is 24.0. The van der Waals surface area contributed by atoms with Gasteiger partial charge in [0.05, 0.1) is 30.2 Å². The van der Waals surface area contributed by atoms with E-state index >= 15 is 0 Å². The quantitative estimate of drug-likeness (QED) is 0.484. The van der Waals surface area contributed by atoms with E-state index in [0.717, 1.165) is 12.1 Å². The molecule has 0 aromatic heterocycles. The average molecular weight is 474 g/mol. The van der Waals surface area contributed by atoms with Crippen LogP contribution >= 0.6 is 0 Å². The topological polar surface area (TPSA) is 102 Å². The minimum Gasteiger partial charge on any atom is -0.469 e. The molecular formula is C23H20F2N2O5S. The molecule has 0 aliphatic carbocycles. The van der Waals surface area contributed by atoms with Crippen molar-refractivity contribution in [3.63, 3.8) is 0 Å². The van der Waals surface area contributed by atoms with Crippen LogP contribution in [0.25, 0.3) is 0 Å². The molecular weight excluding hydrogens is 454 g/mol. The normalized spacial score (nSPS) is 12.0. The highest BCUT2D eigenvalue weighted by Gasteiger charge is 2.22. The molecule has 0 spiro atoms. The minimum absolute atomic E-state index is 0.0108. The molecule has 0 heterocycles. The summed E-state index contributed by atoms with van der Waals surface area (Å²) in [6.45, 7) is 0. The van der Waals surface area contributed by atoms with Crippen LogP contribution in [0, 0.1) is 11.6 Å². The van der Waals surface area contributed by atoms with Crippen LogP contribution in [0.4, 0.5) is 14.5 Å². The van der Waals surface area contributed by atoms with E-state index < -0.39 is 39.6 Å². The third-order valence-corrected chi connectivity index (χ3v) is 6.06. The van der Waals surface area contributed by atoms with Gasteiger partial charge in [-0.2, -0.15) is 0 Å². The lowest BCUT2D eigenvalue weighted by molar-refractivity contribution is -0.141. The molecule has 10 heteroatoms. The fourth-order valence-electron chi connectivity index (χ4n) is 2.99. The van der Waals surface area contributed by atoms with Crippen LogP contribution in [0.3, 0.4) is 0 Å².